The molecule has 5 nitrogen and oxygen atoms in total. The molecule has 3 aromatic heterocycles. The average molecular weight is 677 g/mol. The van der Waals surface area contributed by atoms with Gasteiger partial charge in [-0.05, 0) is 67.1 Å². The lowest BCUT2D eigenvalue weighted by molar-refractivity contribution is 0.668. The van der Waals surface area contributed by atoms with Crippen LogP contribution in [0.3, 0.4) is 0 Å². The van der Waals surface area contributed by atoms with Gasteiger partial charge in [0.15, 0.2) is 17.5 Å². The molecule has 0 spiro atoms. The number of hydrogen-bond donors (Lipinski definition) is 0. The quantitative estimate of drug-likeness (QED) is 0.145. The second-order valence-electron chi connectivity index (χ2n) is 13.7. The van der Waals surface area contributed by atoms with E-state index in [0.29, 0.717) is 17.5 Å². The zero-order chi connectivity index (χ0) is 35.0. The number of fused-ring (bicyclic) bond motifs is 6. The maximum absolute atomic E-state index is 6.60. The van der Waals surface area contributed by atoms with Crippen molar-refractivity contribution >= 4 is 43.7 Å². The highest BCUT2D eigenvalue weighted by atomic mass is 16.3. The third-order valence-corrected chi connectivity index (χ3v) is 10.2. The van der Waals surface area contributed by atoms with Crippen LogP contribution >= 0.6 is 0 Å². The molecule has 254 valence electrons. The lowest BCUT2D eigenvalue weighted by Crippen LogP contribution is -2.03. The van der Waals surface area contributed by atoms with Crippen molar-refractivity contribution in [2.45, 2.75) is 52.4 Å². The topological polar surface area (TPSA) is 56.7 Å². The van der Waals surface area contributed by atoms with Crippen molar-refractivity contribution in [1.29, 1.82) is 0 Å². The van der Waals surface area contributed by atoms with Crippen molar-refractivity contribution < 1.29 is 4.42 Å². The molecule has 0 saturated carbocycles. The Bertz CT molecular complexity index is 2700. The molecular formula is C47H40N4O. The number of unbranched alkanes of at least 4 members (excludes halogenated alkanes) is 2. The number of benzene rings is 6. The van der Waals surface area contributed by atoms with E-state index in [1.165, 1.54) is 47.6 Å². The van der Waals surface area contributed by atoms with E-state index in [2.05, 4.69) is 134 Å². The van der Waals surface area contributed by atoms with Crippen LogP contribution in [-0.4, -0.2) is 19.5 Å². The van der Waals surface area contributed by atoms with Crippen molar-refractivity contribution in [2.75, 3.05) is 0 Å². The molecule has 0 bridgehead atoms. The highest BCUT2D eigenvalue weighted by Crippen LogP contribution is 2.40. The standard InChI is InChI=1S/C47H40N4O/c1-3-5-14-31-22-25-34(26-23-31)46-48-45(33-16-8-7-9-17-33)49-47(50-46)37-19-11-13-21-41(37)51-40-20-12-10-18-35(40)38-29-39-36-27-24-32(15-6-4-2)28-43(36)52-44(39)30-42(38)51/h7-13,16-30H,3-6,14-15H2,1-2H3. The average Bonchev–Trinajstić information content (AvgIpc) is 3.72. The molecule has 9 rings (SSSR count). The molecule has 52 heavy (non-hydrogen) atoms. The van der Waals surface area contributed by atoms with E-state index in [1.807, 2.05) is 18.2 Å². The number of furan rings is 1. The molecule has 0 atom stereocenters. The SMILES string of the molecule is CCCCc1ccc(-c2nc(-c3ccccc3)nc(-c3ccccc3-n3c4ccccc4c4cc5c(cc43)oc3cc(CCCC)ccc35)n2)cc1. The molecule has 0 radical (unpaired) electrons. The number of rotatable bonds is 10. The van der Waals surface area contributed by atoms with Crippen LogP contribution in [0.5, 0.6) is 0 Å². The Labute approximate surface area is 303 Å². The lowest BCUT2D eigenvalue weighted by atomic mass is 10.0. The molecule has 0 aliphatic heterocycles. The zero-order valence-corrected chi connectivity index (χ0v) is 29.6. The van der Waals surface area contributed by atoms with Crippen molar-refractivity contribution in [2.24, 2.45) is 0 Å². The Morgan fingerprint density at radius 3 is 1.90 bits per heavy atom. The molecule has 0 saturated heterocycles. The minimum absolute atomic E-state index is 0.630. The summed E-state index contributed by atoms with van der Waals surface area (Å²) in [6.07, 6.45) is 6.83. The van der Waals surface area contributed by atoms with Gasteiger partial charge in [-0.25, -0.2) is 15.0 Å². The van der Waals surface area contributed by atoms with Crippen molar-refractivity contribution in [3.63, 3.8) is 0 Å². The fourth-order valence-corrected chi connectivity index (χ4v) is 7.48. The molecule has 5 heteroatoms. The maximum Gasteiger partial charge on any atom is 0.166 e. The Morgan fingerprint density at radius 1 is 0.481 bits per heavy atom. The predicted octanol–water partition coefficient (Wildman–Crippen LogP) is 12.6. The van der Waals surface area contributed by atoms with Crippen LogP contribution in [0, 0.1) is 0 Å². The zero-order valence-electron chi connectivity index (χ0n) is 29.6. The van der Waals surface area contributed by atoms with Crippen LogP contribution in [-0.2, 0) is 12.8 Å². The van der Waals surface area contributed by atoms with E-state index < -0.39 is 0 Å². The first kappa shape index (κ1) is 31.9. The number of aryl methyl sites for hydroxylation is 2. The second-order valence-corrected chi connectivity index (χ2v) is 13.7. The summed E-state index contributed by atoms with van der Waals surface area (Å²) >= 11 is 0. The van der Waals surface area contributed by atoms with Crippen LogP contribution < -0.4 is 0 Å². The largest absolute Gasteiger partial charge is 0.456 e. The molecule has 0 unspecified atom stereocenters. The normalized spacial score (nSPS) is 11.7. The fourth-order valence-electron chi connectivity index (χ4n) is 7.48. The second kappa shape index (κ2) is 13.6. The van der Waals surface area contributed by atoms with Crippen LogP contribution in [0.4, 0.5) is 0 Å². The van der Waals surface area contributed by atoms with Gasteiger partial charge < -0.3 is 8.98 Å². The molecule has 6 aromatic carbocycles. The van der Waals surface area contributed by atoms with Gasteiger partial charge in [0.05, 0.1) is 16.7 Å². The Balaban J connectivity index is 1.24. The Kier molecular flexibility index (Phi) is 8.32. The highest BCUT2D eigenvalue weighted by molar-refractivity contribution is 6.17. The van der Waals surface area contributed by atoms with Gasteiger partial charge in [0.25, 0.3) is 0 Å². The van der Waals surface area contributed by atoms with Crippen LogP contribution in [0.25, 0.3) is 83.6 Å². The fraction of sp³-hybridized carbons (Fsp3) is 0.170. The number of aromatic nitrogens is 4. The van der Waals surface area contributed by atoms with Gasteiger partial charge in [-0.3, -0.25) is 0 Å². The summed E-state index contributed by atoms with van der Waals surface area (Å²) < 4.78 is 8.94. The van der Waals surface area contributed by atoms with Gasteiger partial charge in [0, 0.05) is 44.3 Å². The van der Waals surface area contributed by atoms with E-state index in [-0.39, 0.29) is 0 Å². The van der Waals surface area contributed by atoms with Gasteiger partial charge in [0.1, 0.15) is 11.2 Å². The van der Waals surface area contributed by atoms with Gasteiger partial charge in [-0.15, -0.1) is 0 Å². The Morgan fingerprint density at radius 2 is 1.12 bits per heavy atom. The molecule has 0 N–H and O–H groups in total. The molecular weight excluding hydrogens is 637 g/mol. The van der Waals surface area contributed by atoms with E-state index >= 15 is 0 Å². The first-order valence-corrected chi connectivity index (χ1v) is 18.6. The Hall–Kier alpha value is -6.07. The van der Waals surface area contributed by atoms with Gasteiger partial charge in [-0.2, -0.15) is 0 Å². The molecule has 0 aliphatic carbocycles. The summed E-state index contributed by atoms with van der Waals surface area (Å²) in [5, 5.41) is 4.66. The van der Waals surface area contributed by atoms with Crippen LogP contribution in [0.1, 0.15) is 50.7 Å². The van der Waals surface area contributed by atoms with Crippen molar-refractivity contribution in [3.8, 4) is 39.9 Å². The maximum atomic E-state index is 6.60. The summed E-state index contributed by atoms with van der Waals surface area (Å²) in [4.78, 5) is 15.3. The van der Waals surface area contributed by atoms with Crippen molar-refractivity contribution in [1.82, 2.24) is 19.5 Å². The number of para-hydroxylation sites is 2. The van der Waals surface area contributed by atoms with E-state index in [0.717, 1.165) is 68.2 Å². The van der Waals surface area contributed by atoms with Gasteiger partial charge in [-0.1, -0.05) is 124 Å². The monoisotopic (exact) mass is 676 g/mol. The van der Waals surface area contributed by atoms with Gasteiger partial charge in [0.2, 0.25) is 0 Å². The van der Waals surface area contributed by atoms with E-state index in [9.17, 15) is 0 Å². The van der Waals surface area contributed by atoms with E-state index in [1.54, 1.807) is 0 Å². The van der Waals surface area contributed by atoms with E-state index in [4.69, 9.17) is 19.4 Å². The highest BCUT2D eigenvalue weighted by Gasteiger charge is 2.21. The first-order valence-electron chi connectivity index (χ1n) is 18.6. The molecule has 0 fully saturated rings. The number of hydrogen-bond acceptors (Lipinski definition) is 4. The summed E-state index contributed by atoms with van der Waals surface area (Å²) in [7, 11) is 0. The minimum atomic E-state index is 0.630. The summed E-state index contributed by atoms with van der Waals surface area (Å²) in [6, 6.07) is 47.2. The summed E-state index contributed by atoms with van der Waals surface area (Å²) in [6.45, 7) is 4.46. The van der Waals surface area contributed by atoms with Crippen LogP contribution in [0.15, 0.2) is 138 Å². The molecule has 9 aromatic rings. The third kappa shape index (κ3) is 5.72. The number of nitrogens with zero attached hydrogens (tertiary/aromatic N) is 4. The van der Waals surface area contributed by atoms with Crippen LogP contribution in [0.2, 0.25) is 0 Å². The molecule has 0 amide bonds. The third-order valence-electron chi connectivity index (χ3n) is 10.2. The summed E-state index contributed by atoms with van der Waals surface area (Å²) in [5.41, 5.74) is 10.5. The predicted molar refractivity (Wildman–Crippen MR) is 215 cm³/mol. The molecule has 3 heterocycles. The van der Waals surface area contributed by atoms with Crippen molar-refractivity contribution in [3.05, 3.63) is 145 Å². The summed E-state index contributed by atoms with van der Waals surface area (Å²) in [5.74, 6) is 1.94. The first-order chi connectivity index (χ1) is 25.7. The van der Waals surface area contributed by atoms with Gasteiger partial charge >= 0.3 is 0 Å². The smallest absolute Gasteiger partial charge is 0.166 e. The lowest BCUT2D eigenvalue weighted by Gasteiger charge is -2.14. The minimum Gasteiger partial charge on any atom is -0.456 e. The molecule has 0 aliphatic rings.